The highest BCUT2D eigenvalue weighted by Gasteiger charge is 2.25. The van der Waals surface area contributed by atoms with E-state index >= 15 is 0 Å². The van der Waals surface area contributed by atoms with Crippen molar-refractivity contribution in [3.63, 3.8) is 0 Å². The summed E-state index contributed by atoms with van der Waals surface area (Å²) in [7, 11) is 0. The van der Waals surface area contributed by atoms with Crippen molar-refractivity contribution < 1.29 is 14.3 Å². The smallest absolute Gasteiger partial charge is 0.332 e. The van der Waals surface area contributed by atoms with Gasteiger partial charge in [-0.2, -0.15) is 4.99 Å². The molecule has 0 amide bonds. The van der Waals surface area contributed by atoms with Gasteiger partial charge in [-0.25, -0.2) is 9.59 Å². The second kappa shape index (κ2) is 5.66. The zero-order valence-electron chi connectivity index (χ0n) is 10.0. The maximum atomic E-state index is 11.6. The van der Waals surface area contributed by atoms with Gasteiger partial charge in [-0.3, -0.25) is 0 Å². The van der Waals surface area contributed by atoms with E-state index in [2.05, 4.69) is 4.99 Å². The Morgan fingerprint density at radius 2 is 1.93 bits per heavy atom. The summed E-state index contributed by atoms with van der Waals surface area (Å²) in [5, 5.41) is 0. The van der Waals surface area contributed by atoms with Crippen molar-refractivity contribution in [3.05, 3.63) is 0 Å². The molecule has 0 bridgehead atoms. The van der Waals surface area contributed by atoms with Crippen LogP contribution in [0.25, 0.3) is 0 Å². The first kappa shape index (κ1) is 13.8. The number of carbonyl (C=O) groups is 1. The molecule has 4 heteroatoms. The second-order valence-electron chi connectivity index (χ2n) is 4.90. The number of carbonyl (C=O) groups excluding carboxylic acids is 2. The number of ether oxygens (including phenoxy) is 1. The summed E-state index contributed by atoms with van der Waals surface area (Å²) >= 11 is 0. The molecule has 4 nitrogen and oxygen atoms in total. The van der Waals surface area contributed by atoms with Gasteiger partial charge in [-0.15, -0.1) is 0 Å². The van der Waals surface area contributed by atoms with Crippen LogP contribution >= 0.6 is 0 Å². The Hall–Kier alpha value is -1.15. The third-order valence-corrected chi connectivity index (χ3v) is 1.58. The van der Waals surface area contributed by atoms with Gasteiger partial charge in [0.05, 0.1) is 0 Å². The lowest BCUT2D eigenvalue weighted by molar-refractivity contribution is -0.156. The van der Waals surface area contributed by atoms with Crippen molar-refractivity contribution in [3.8, 4) is 0 Å². The third kappa shape index (κ3) is 6.86. The minimum absolute atomic E-state index is 0.277. The van der Waals surface area contributed by atoms with Gasteiger partial charge < -0.3 is 4.74 Å². The van der Waals surface area contributed by atoms with E-state index < -0.39 is 17.6 Å². The van der Waals surface area contributed by atoms with Crippen LogP contribution < -0.4 is 0 Å². The molecule has 0 aliphatic rings. The first-order valence-electron chi connectivity index (χ1n) is 5.06. The van der Waals surface area contributed by atoms with Crippen LogP contribution in [-0.4, -0.2) is 23.7 Å². The average Bonchev–Trinajstić information content (AvgIpc) is 1.99. The fourth-order valence-electron chi connectivity index (χ4n) is 1.08. The lowest BCUT2D eigenvalue weighted by Crippen LogP contribution is -2.31. The van der Waals surface area contributed by atoms with E-state index in [1.54, 1.807) is 20.8 Å². The zero-order chi connectivity index (χ0) is 12.1. The number of esters is 1. The predicted octanol–water partition coefficient (Wildman–Crippen LogP) is 2.08. The summed E-state index contributed by atoms with van der Waals surface area (Å²) in [5.41, 5.74) is -0.551. The molecule has 0 unspecified atom stereocenters. The summed E-state index contributed by atoms with van der Waals surface area (Å²) in [6.45, 7) is 9.25. The minimum Gasteiger partial charge on any atom is -0.458 e. The monoisotopic (exact) mass is 213 g/mol. The highest BCUT2D eigenvalue weighted by Crippen LogP contribution is 2.14. The van der Waals surface area contributed by atoms with Crippen molar-refractivity contribution in [2.75, 3.05) is 0 Å². The highest BCUT2D eigenvalue weighted by molar-refractivity contribution is 5.77. The molecule has 0 aliphatic heterocycles. The van der Waals surface area contributed by atoms with E-state index in [1.807, 2.05) is 13.8 Å². The van der Waals surface area contributed by atoms with Crippen LogP contribution in [0.15, 0.2) is 4.99 Å². The minimum atomic E-state index is -0.721. The lowest BCUT2D eigenvalue weighted by atomic mass is 10.0. The Bertz CT molecular complexity index is 259. The van der Waals surface area contributed by atoms with Gasteiger partial charge in [0.2, 0.25) is 6.08 Å². The van der Waals surface area contributed by atoms with E-state index in [1.165, 1.54) is 6.08 Å². The zero-order valence-corrected chi connectivity index (χ0v) is 10.0. The fraction of sp³-hybridized carbons (Fsp3) is 0.818. The van der Waals surface area contributed by atoms with Crippen LogP contribution in [0.2, 0.25) is 0 Å². The van der Waals surface area contributed by atoms with E-state index in [0.717, 1.165) is 0 Å². The first-order valence-corrected chi connectivity index (χ1v) is 5.06. The number of hydrogen-bond acceptors (Lipinski definition) is 4. The van der Waals surface area contributed by atoms with Crippen molar-refractivity contribution in [1.29, 1.82) is 0 Å². The Balaban J connectivity index is 4.49. The largest absolute Gasteiger partial charge is 0.458 e. The number of nitrogens with zero attached hydrogens (tertiary/aromatic N) is 1. The molecule has 0 aromatic rings. The molecule has 1 atom stereocenters. The van der Waals surface area contributed by atoms with Gasteiger partial charge >= 0.3 is 5.97 Å². The molecule has 0 spiro atoms. The van der Waals surface area contributed by atoms with Crippen molar-refractivity contribution in [1.82, 2.24) is 0 Å². The third-order valence-electron chi connectivity index (χ3n) is 1.58. The quantitative estimate of drug-likeness (QED) is 0.408. The van der Waals surface area contributed by atoms with Crippen LogP contribution in [0, 0.1) is 5.92 Å². The van der Waals surface area contributed by atoms with Crippen LogP contribution in [-0.2, 0) is 14.3 Å². The molecule has 15 heavy (non-hydrogen) atoms. The molecule has 0 rings (SSSR count). The number of rotatable bonds is 4. The Morgan fingerprint density at radius 1 is 1.40 bits per heavy atom. The molecule has 0 fully saturated rings. The number of isocyanates is 1. The van der Waals surface area contributed by atoms with E-state index in [-0.39, 0.29) is 5.92 Å². The SMILES string of the molecule is CC(C)C[C@H](N=C=O)C(=O)OC(C)(C)C. The Kier molecular flexibility index (Phi) is 5.23. The first-order chi connectivity index (χ1) is 6.76. The summed E-state index contributed by atoms with van der Waals surface area (Å²) in [5.74, 6) is -0.181. The maximum absolute atomic E-state index is 11.6. The van der Waals surface area contributed by atoms with E-state index in [0.29, 0.717) is 6.42 Å². The van der Waals surface area contributed by atoms with Crippen LogP contribution in [0.1, 0.15) is 41.0 Å². The molecule has 0 aliphatic carbocycles. The Morgan fingerprint density at radius 3 is 2.27 bits per heavy atom. The van der Waals surface area contributed by atoms with Crippen molar-refractivity contribution in [2.45, 2.75) is 52.7 Å². The van der Waals surface area contributed by atoms with Gasteiger partial charge in [-0.05, 0) is 33.1 Å². The van der Waals surface area contributed by atoms with Crippen LogP contribution in [0.4, 0.5) is 0 Å². The number of hydrogen-bond donors (Lipinski definition) is 0. The molecule has 0 saturated carbocycles. The van der Waals surface area contributed by atoms with Crippen LogP contribution in [0.3, 0.4) is 0 Å². The second-order valence-corrected chi connectivity index (χ2v) is 4.90. The number of aliphatic imine (C=N–C) groups is 1. The van der Waals surface area contributed by atoms with E-state index in [4.69, 9.17) is 4.74 Å². The van der Waals surface area contributed by atoms with Gasteiger partial charge in [0, 0.05) is 0 Å². The molecular formula is C11H19NO3. The van der Waals surface area contributed by atoms with Gasteiger partial charge in [0.25, 0.3) is 0 Å². The summed E-state index contributed by atoms with van der Waals surface area (Å²) in [6.07, 6.45) is 1.92. The standard InChI is InChI=1S/C11H19NO3/c1-8(2)6-9(12-7-13)10(14)15-11(3,4)5/h8-9H,6H2,1-5H3/t9-/m0/s1. The molecular weight excluding hydrogens is 194 g/mol. The molecule has 0 radical (unpaired) electrons. The van der Waals surface area contributed by atoms with Gasteiger partial charge in [0.1, 0.15) is 5.60 Å². The van der Waals surface area contributed by atoms with Crippen molar-refractivity contribution in [2.24, 2.45) is 10.9 Å². The predicted molar refractivity (Wildman–Crippen MR) is 57.2 cm³/mol. The maximum Gasteiger partial charge on any atom is 0.332 e. The highest BCUT2D eigenvalue weighted by atomic mass is 16.6. The summed E-state index contributed by atoms with van der Waals surface area (Å²) in [6, 6.07) is -0.721. The normalized spacial score (nSPS) is 13.2. The summed E-state index contributed by atoms with van der Waals surface area (Å²) < 4.78 is 5.14. The van der Waals surface area contributed by atoms with Crippen molar-refractivity contribution >= 4 is 12.0 Å². The fourth-order valence-corrected chi connectivity index (χ4v) is 1.08. The molecule has 0 aromatic heterocycles. The topological polar surface area (TPSA) is 55.7 Å². The average molecular weight is 213 g/mol. The molecule has 0 N–H and O–H groups in total. The molecule has 0 heterocycles. The lowest BCUT2D eigenvalue weighted by Gasteiger charge is -2.22. The van der Waals surface area contributed by atoms with E-state index in [9.17, 15) is 9.59 Å². The summed E-state index contributed by atoms with van der Waals surface area (Å²) in [4.78, 5) is 25.2. The van der Waals surface area contributed by atoms with Gasteiger partial charge in [0.15, 0.2) is 6.04 Å². The molecule has 0 aromatic carbocycles. The van der Waals surface area contributed by atoms with Gasteiger partial charge in [-0.1, -0.05) is 13.8 Å². The van der Waals surface area contributed by atoms with Crippen LogP contribution in [0.5, 0.6) is 0 Å². The molecule has 0 saturated heterocycles. The molecule has 86 valence electrons. The Labute approximate surface area is 90.7 Å².